The van der Waals surface area contributed by atoms with E-state index >= 15 is 0 Å². The first-order valence-electron chi connectivity index (χ1n) is 5.72. The number of hydrazine groups is 1. The van der Waals surface area contributed by atoms with Crippen LogP contribution in [0.5, 0.6) is 0 Å². The van der Waals surface area contributed by atoms with Gasteiger partial charge in [-0.2, -0.15) is 11.8 Å². The maximum absolute atomic E-state index is 5.53. The summed E-state index contributed by atoms with van der Waals surface area (Å²) in [6.45, 7) is 0. The Hall–Kier alpha value is -0.850. The number of fused-ring (bicyclic) bond motifs is 1. The normalized spacial score (nSPS) is 20.6. The lowest BCUT2D eigenvalue weighted by Crippen LogP contribution is -2.13. The first-order valence-corrected chi connectivity index (χ1v) is 7.64. The Morgan fingerprint density at radius 2 is 2.29 bits per heavy atom. The predicted molar refractivity (Wildman–Crippen MR) is 74.3 cm³/mol. The van der Waals surface area contributed by atoms with Crippen LogP contribution >= 0.6 is 23.1 Å². The van der Waals surface area contributed by atoms with E-state index in [0.717, 1.165) is 21.9 Å². The van der Waals surface area contributed by atoms with E-state index in [1.807, 2.05) is 23.2 Å². The number of nitrogens with zero attached hydrogens (tertiary/aromatic N) is 2. The molecule has 0 spiro atoms. The van der Waals surface area contributed by atoms with Crippen LogP contribution < -0.4 is 11.3 Å². The lowest BCUT2D eigenvalue weighted by atomic mass is 10.2. The number of nitrogens with two attached hydrogens (primary N) is 1. The second kappa shape index (κ2) is 4.80. The van der Waals surface area contributed by atoms with Crippen molar-refractivity contribution in [3.63, 3.8) is 0 Å². The standard InChI is InChI=1S/C11H14N4S2/c12-15-9-7-4-6-17-11(7)14-10(13-9)8-3-1-2-5-16-8/h4,6,8H,1-3,5,12H2,(H,13,14,15). The molecule has 4 nitrogen and oxygen atoms in total. The van der Waals surface area contributed by atoms with Gasteiger partial charge in [0.15, 0.2) is 5.82 Å². The molecule has 1 atom stereocenters. The molecular formula is C11H14N4S2. The maximum atomic E-state index is 5.53. The van der Waals surface area contributed by atoms with Crippen LogP contribution in [0.15, 0.2) is 11.4 Å². The van der Waals surface area contributed by atoms with Gasteiger partial charge in [0.2, 0.25) is 0 Å². The van der Waals surface area contributed by atoms with Crippen molar-refractivity contribution in [3.8, 4) is 0 Å². The highest BCUT2D eigenvalue weighted by molar-refractivity contribution is 7.99. The van der Waals surface area contributed by atoms with E-state index in [1.165, 1.54) is 25.0 Å². The number of hydrogen-bond acceptors (Lipinski definition) is 6. The molecule has 0 radical (unpaired) electrons. The Kier molecular flexibility index (Phi) is 3.17. The molecule has 0 aromatic carbocycles. The molecule has 1 aliphatic heterocycles. The SMILES string of the molecule is NNc1nc(C2CCCCS2)nc2sccc12. The van der Waals surface area contributed by atoms with Crippen LogP contribution in [-0.2, 0) is 0 Å². The first kappa shape index (κ1) is 11.3. The van der Waals surface area contributed by atoms with Gasteiger partial charge in [-0.25, -0.2) is 15.8 Å². The van der Waals surface area contributed by atoms with Crippen molar-refractivity contribution in [3.05, 3.63) is 17.3 Å². The molecular weight excluding hydrogens is 252 g/mol. The van der Waals surface area contributed by atoms with Crippen LogP contribution in [-0.4, -0.2) is 15.7 Å². The Balaban J connectivity index is 2.03. The minimum absolute atomic E-state index is 0.433. The molecule has 0 amide bonds. The molecule has 3 rings (SSSR count). The minimum Gasteiger partial charge on any atom is -0.308 e. The quantitative estimate of drug-likeness (QED) is 0.646. The number of anilines is 1. The second-order valence-corrected chi connectivity index (χ2v) is 6.27. The molecule has 3 heterocycles. The van der Waals surface area contributed by atoms with Gasteiger partial charge in [0, 0.05) is 0 Å². The molecule has 1 unspecified atom stereocenters. The van der Waals surface area contributed by atoms with Gasteiger partial charge in [-0.05, 0) is 30.0 Å². The van der Waals surface area contributed by atoms with Gasteiger partial charge in [-0.3, -0.25) is 0 Å². The summed E-state index contributed by atoms with van der Waals surface area (Å²) in [5, 5.41) is 3.47. The fourth-order valence-corrected chi connectivity index (χ4v) is 4.08. The third kappa shape index (κ3) is 2.12. The first-order chi connectivity index (χ1) is 8.38. The number of thiophene rings is 1. The second-order valence-electron chi connectivity index (χ2n) is 4.07. The third-order valence-corrected chi connectivity index (χ3v) is 5.13. The minimum atomic E-state index is 0.433. The number of rotatable bonds is 2. The fourth-order valence-electron chi connectivity index (χ4n) is 2.07. The average Bonchev–Trinajstić information content (AvgIpc) is 2.86. The van der Waals surface area contributed by atoms with Gasteiger partial charge in [-0.15, -0.1) is 11.3 Å². The Bertz CT molecular complexity index is 519. The molecule has 0 bridgehead atoms. The molecule has 2 aromatic heterocycles. The van der Waals surface area contributed by atoms with Crippen molar-refractivity contribution in [1.82, 2.24) is 9.97 Å². The largest absolute Gasteiger partial charge is 0.308 e. The molecule has 1 fully saturated rings. The van der Waals surface area contributed by atoms with Crippen LogP contribution in [0.2, 0.25) is 0 Å². The zero-order valence-corrected chi connectivity index (χ0v) is 11.0. The molecule has 90 valence electrons. The van der Waals surface area contributed by atoms with Crippen LogP contribution in [0.1, 0.15) is 30.3 Å². The van der Waals surface area contributed by atoms with E-state index in [0.29, 0.717) is 5.25 Å². The topological polar surface area (TPSA) is 63.8 Å². The van der Waals surface area contributed by atoms with E-state index in [-0.39, 0.29) is 0 Å². The highest BCUT2D eigenvalue weighted by Crippen LogP contribution is 2.38. The summed E-state index contributed by atoms with van der Waals surface area (Å²) in [6.07, 6.45) is 3.75. The summed E-state index contributed by atoms with van der Waals surface area (Å²) in [5.74, 6) is 8.42. The van der Waals surface area contributed by atoms with Gasteiger partial charge in [0.25, 0.3) is 0 Å². The molecule has 17 heavy (non-hydrogen) atoms. The maximum Gasteiger partial charge on any atom is 0.152 e. The summed E-state index contributed by atoms with van der Waals surface area (Å²) >= 11 is 3.60. The highest BCUT2D eigenvalue weighted by Gasteiger charge is 2.20. The lowest BCUT2D eigenvalue weighted by molar-refractivity contribution is 0.665. The zero-order chi connectivity index (χ0) is 11.7. The lowest BCUT2D eigenvalue weighted by Gasteiger charge is -2.20. The molecule has 0 aliphatic carbocycles. The third-order valence-electron chi connectivity index (χ3n) is 2.95. The number of nitrogen functional groups attached to an aromatic ring is 1. The summed E-state index contributed by atoms with van der Waals surface area (Å²) < 4.78 is 0. The molecule has 6 heteroatoms. The van der Waals surface area contributed by atoms with Crippen LogP contribution in [0, 0.1) is 0 Å². The zero-order valence-electron chi connectivity index (χ0n) is 9.35. The van der Waals surface area contributed by atoms with E-state index in [2.05, 4.69) is 15.4 Å². The van der Waals surface area contributed by atoms with Crippen molar-refractivity contribution >= 4 is 39.1 Å². The Morgan fingerprint density at radius 3 is 3.06 bits per heavy atom. The van der Waals surface area contributed by atoms with E-state index in [9.17, 15) is 0 Å². The summed E-state index contributed by atoms with van der Waals surface area (Å²) in [4.78, 5) is 10.2. The number of hydrogen-bond donors (Lipinski definition) is 2. The summed E-state index contributed by atoms with van der Waals surface area (Å²) in [7, 11) is 0. The van der Waals surface area contributed by atoms with Crippen molar-refractivity contribution in [2.75, 3.05) is 11.2 Å². The molecule has 0 saturated carbocycles. The molecule has 2 aromatic rings. The van der Waals surface area contributed by atoms with Crippen molar-refractivity contribution < 1.29 is 0 Å². The van der Waals surface area contributed by atoms with E-state index in [4.69, 9.17) is 5.84 Å². The molecule has 3 N–H and O–H groups in total. The molecule has 1 aliphatic rings. The van der Waals surface area contributed by atoms with Gasteiger partial charge in [0.05, 0.1) is 10.6 Å². The van der Waals surface area contributed by atoms with Crippen molar-refractivity contribution in [2.45, 2.75) is 24.5 Å². The van der Waals surface area contributed by atoms with E-state index in [1.54, 1.807) is 11.3 Å². The van der Waals surface area contributed by atoms with Crippen molar-refractivity contribution in [1.29, 1.82) is 0 Å². The summed E-state index contributed by atoms with van der Waals surface area (Å²) in [5.41, 5.74) is 2.68. The monoisotopic (exact) mass is 266 g/mol. The fraction of sp³-hybridized carbons (Fsp3) is 0.455. The number of nitrogens with one attached hydrogen (secondary N) is 1. The number of aromatic nitrogens is 2. The highest BCUT2D eigenvalue weighted by atomic mass is 32.2. The average molecular weight is 266 g/mol. The van der Waals surface area contributed by atoms with Gasteiger partial charge in [0.1, 0.15) is 10.7 Å². The number of thioether (sulfide) groups is 1. The predicted octanol–water partition coefficient (Wildman–Crippen LogP) is 2.94. The van der Waals surface area contributed by atoms with Gasteiger partial charge < -0.3 is 5.43 Å². The molecule has 1 saturated heterocycles. The van der Waals surface area contributed by atoms with Crippen LogP contribution in [0.4, 0.5) is 5.82 Å². The Labute approximate surface area is 108 Å². The van der Waals surface area contributed by atoms with Gasteiger partial charge >= 0.3 is 0 Å². The van der Waals surface area contributed by atoms with Crippen molar-refractivity contribution in [2.24, 2.45) is 5.84 Å². The van der Waals surface area contributed by atoms with Crippen LogP contribution in [0.25, 0.3) is 10.2 Å². The summed E-state index contributed by atoms with van der Waals surface area (Å²) in [6, 6.07) is 2.01. The van der Waals surface area contributed by atoms with Crippen LogP contribution in [0.3, 0.4) is 0 Å². The Morgan fingerprint density at radius 1 is 1.35 bits per heavy atom. The van der Waals surface area contributed by atoms with E-state index < -0.39 is 0 Å². The van der Waals surface area contributed by atoms with Gasteiger partial charge in [-0.1, -0.05) is 6.42 Å². The smallest absolute Gasteiger partial charge is 0.152 e.